The van der Waals surface area contributed by atoms with Crippen molar-refractivity contribution in [3.8, 4) is 0 Å². The molecule has 1 saturated heterocycles. The molecule has 1 rings (SSSR count). The molecule has 0 aromatic heterocycles. The molecular weight excluding hydrogens is 157 g/mol. The minimum Gasteiger partial charge on any atom is -0.288 e. The minimum absolute atomic E-state index is 0.389. The summed E-state index contributed by atoms with van der Waals surface area (Å²) in [4.78, 5) is 0. The Morgan fingerprint density at radius 1 is 1.44 bits per heavy atom. The Balaban J connectivity index is 2.42. The quantitative estimate of drug-likeness (QED) is 0.500. The summed E-state index contributed by atoms with van der Waals surface area (Å²) >= 11 is 0.389. The Bertz CT molecular complexity index is 97.7. The van der Waals surface area contributed by atoms with Gasteiger partial charge in [-0.25, -0.2) is 0 Å². The predicted molar refractivity (Wildman–Crippen MR) is 24.5 cm³/mol. The van der Waals surface area contributed by atoms with Gasteiger partial charge in [0, 0.05) is 0 Å². The molecule has 0 unspecified atom stereocenters. The number of alkyl halides is 3. The first-order valence-electron chi connectivity index (χ1n) is 2.12. The summed E-state index contributed by atoms with van der Waals surface area (Å²) in [7, 11) is 0. The lowest BCUT2D eigenvalue weighted by Gasteiger charge is -2.08. The van der Waals surface area contributed by atoms with E-state index >= 15 is 0 Å². The lowest BCUT2D eigenvalue weighted by atomic mass is 10.4. The molecule has 0 aromatic rings. The smallest absolute Gasteiger partial charge is 0.288 e. The van der Waals surface area contributed by atoms with E-state index in [0.29, 0.717) is 12.3 Å². The third-order valence-electron chi connectivity index (χ3n) is 0.788. The van der Waals surface area contributed by atoms with Gasteiger partial charge in [0.25, 0.3) is 0 Å². The summed E-state index contributed by atoms with van der Waals surface area (Å²) in [6, 6.07) is 0. The maximum absolute atomic E-state index is 11.5. The van der Waals surface area contributed by atoms with E-state index in [0.717, 1.165) is 0 Å². The molecular formula is C3H3F3O2S. The normalized spacial score (nSPS) is 29.0. The van der Waals surface area contributed by atoms with Gasteiger partial charge >= 0.3 is 6.18 Å². The van der Waals surface area contributed by atoms with E-state index in [1.807, 2.05) is 0 Å². The van der Waals surface area contributed by atoms with Crippen molar-refractivity contribution < 1.29 is 21.5 Å². The molecule has 0 amide bonds. The summed E-state index contributed by atoms with van der Waals surface area (Å²) in [5.41, 5.74) is 0. The van der Waals surface area contributed by atoms with Crippen LogP contribution in [0.15, 0.2) is 0 Å². The standard InChI is InChI=1S/C3H3F3O2S/c4-3(5,6)2-1-7-9-8-2/h2H,1H2/t2-/m1/s1. The fourth-order valence-electron chi connectivity index (χ4n) is 0.342. The van der Waals surface area contributed by atoms with Crippen LogP contribution in [0.2, 0.25) is 0 Å². The molecule has 0 radical (unpaired) electrons. The Morgan fingerprint density at radius 2 is 2.11 bits per heavy atom. The highest BCUT2D eigenvalue weighted by atomic mass is 32.2. The van der Waals surface area contributed by atoms with Crippen LogP contribution in [0, 0.1) is 0 Å². The van der Waals surface area contributed by atoms with Crippen molar-refractivity contribution in [3.05, 3.63) is 0 Å². The molecule has 0 bridgehead atoms. The van der Waals surface area contributed by atoms with Gasteiger partial charge in [0.15, 0.2) is 18.4 Å². The van der Waals surface area contributed by atoms with Crippen molar-refractivity contribution in [3.63, 3.8) is 0 Å². The van der Waals surface area contributed by atoms with Crippen LogP contribution in [0.1, 0.15) is 0 Å². The molecule has 0 aromatic carbocycles. The Morgan fingerprint density at radius 3 is 2.33 bits per heavy atom. The number of halogens is 3. The van der Waals surface area contributed by atoms with Gasteiger partial charge in [-0.2, -0.15) is 13.2 Å². The summed E-state index contributed by atoms with van der Waals surface area (Å²) < 4.78 is 43.0. The van der Waals surface area contributed by atoms with Crippen molar-refractivity contribution in [2.45, 2.75) is 12.3 Å². The van der Waals surface area contributed by atoms with E-state index in [1.165, 1.54) is 0 Å². The Labute approximate surface area is 53.7 Å². The highest BCUT2D eigenvalue weighted by molar-refractivity contribution is 7.90. The van der Waals surface area contributed by atoms with E-state index in [-0.39, 0.29) is 0 Å². The second-order valence-corrected chi connectivity index (χ2v) is 2.04. The third kappa shape index (κ3) is 1.74. The predicted octanol–water partition coefficient (Wildman–Crippen LogP) is 1.53. The van der Waals surface area contributed by atoms with Crippen molar-refractivity contribution in [1.29, 1.82) is 0 Å². The molecule has 1 aliphatic rings. The lowest BCUT2D eigenvalue weighted by molar-refractivity contribution is -0.188. The first kappa shape index (κ1) is 7.17. The van der Waals surface area contributed by atoms with Crippen molar-refractivity contribution in [1.82, 2.24) is 0 Å². The zero-order chi connectivity index (χ0) is 6.91. The van der Waals surface area contributed by atoms with Gasteiger partial charge in [-0.1, -0.05) is 0 Å². The van der Waals surface area contributed by atoms with Gasteiger partial charge in [-0.3, -0.25) is 8.37 Å². The van der Waals surface area contributed by atoms with E-state index in [4.69, 9.17) is 0 Å². The molecule has 9 heavy (non-hydrogen) atoms. The molecule has 54 valence electrons. The van der Waals surface area contributed by atoms with Crippen LogP contribution in [-0.4, -0.2) is 18.9 Å². The number of hydrogen-bond acceptors (Lipinski definition) is 3. The fourth-order valence-corrected chi connectivity index (χ4v) is 0.836. The van der Waals surface area contributed by atoms with Gasteiger partial charge < -0.3 is 0 Å². The topological polar surface area (TPSA) is 18.5 Å². The van der Waals surface area contributed by atoms with Crippen molar-refractivity contribution >= 4 is 12.3 Å². The first-order chi connectivity index (χ1) is 4.11. The summed E-state index contributed by atoms with van der Waals surface area (Å²) in [5, 5.41) is 0. The van der Waals surface area contributed by atoms with Gasteiger partial charge in [0.1, 0.15) is 6.61 Å². The lowest BCUT2D eigenvalue weighted by Crippen LogP contribution is -2.29. The summed E-state index contributed by atoms with van der Waals surface area (Å²) in [6.07, 6.45) is -6.04. The molecule has 1 atom stereocenters. The molecule has 6 heteroatoms. The van der Waals surface area contributed by atoms with Crippen LogP contribution >= 0.6 is 12.3 Å². The molecule has 1 fully saturated rings. The molecule has 2 nitrogen and oxygen atoms in total. The Hall–Kier alpha value is 0.0600. The number of hydrogen-bond donors (Lipinski definition) is 0. The van der Waals surface area contributed by atoms with Crippen LogP contribution < -0.4 is 0 Å². The summed E-state index contributed by atoms with van der Waals surface area (Å²) in [6.45, 7) is -0.409. The van der Waals surface area contributed by atoms with Gasteiger partial charge in [-0.15, -0.1) is 0 Å². The van der Waals surface area contributed by atoms with Crippen LogP contribution in [0.3, 0.4) is 0 Å². The molecule has 1 aliphatic heterocycles. The van der Waals surface area contributed by atoms with Crippen LogP contribution in [0.5, 0.6) is 0 Å². The zero-order valence-electron chi connectivity index (χ0n) is 4.14. The SMILES string of the molecule is FC(F)(F)[C@H]1COSO1. The van der Waals surface area contributed by atoms with Crippen LogP contribution in [-0.2, 0) is 8.37 Å². The summed E-state index contributed by atoms with van der Waals surface area (Å²) in [5.74, 6) is 0. The average Bonchev–Trinajstić information content (AvgIpc) is 2.08. The zero-order valence-corrected chi connectivity index (χ0v) is 4.96. The molecule has 0 aliphatic carbocycles. The second kappa shape index (κ2) is 2.36. The van der Waals surface area contributed by atoms with Crippen LogP contribution in [0.25, 0.3) is 0 Å². The maximum Gasteiger partial charge on any atom is 0.418 e. The van der Waals surface area contributed by atoms with E-state index in [1.54, 1.807) is 0 Å². The van der Waals surface area contributed by atoms with Crippen molar-refractivity contribution in [2.75, 3.05) is 6.61 Å². The van der Waals surface area contributed by atoms with Crippen LogP contribution in [0.4, 0.5) is 13.2 Å². The molecule has 0 saturated carbocycles. The highest BCUT2D eigenvalue weighted by Gasteiger charge is 2.44. The first-order valence-corrected chi connectivity index (χ1v) is 2.79. The largest absolute Gasteiger partial charge is 0.418 e. The van der Waals surface area contributed by atoms with Crippen molar-refractivity contribution in [2.24, 2.45) is 0 Å². The van der Waals surface area contributed by atoms with Gasteiger partial charge in [0.2, 0.25) is 0 Å². The maximum atomic E-state index is 11.5. The van der Waals surface area contributed by atoms with Gasteiger partial charge in [-0.05, 0) is 0 Å². The average molecular weight is 160 g/mol. The van der Waals surface area contributed by atoms with E-state index < -0.39 is 18.9 Å². The minimum atomic E-state index is -4.29. The van der Waals surface area contributed by atoms with Gasteiger partial charge in [0.05, 0.1) is 0 Å². The molecule has 1 heterocycles. The fraction of sp³-hybridized carbons (Fsp3) is 1.00. The monoisotopic (exact) mass is 160 g/mol. The molecule has 0 spiro atoms. The van der Waals surface area contributed by atoms with E-state index in [9.17, 15) is 13.2 Å². The highest BCUT2D eigenvalue weighted by Crippen LogP contribution is 2.31. The second-order valence-electron chi connectivity index (χ2n) is 1.48. The third-order valence-corrected chi connectivity index (χ3v) is 1.33. The number of rotatable bonds is 0. The Kier molecular flexibility index (Phi) is 1.88. The van der Waals surface area contributed by atoms with E-state index in [2.05, 4.69) is 8.37 Å². The molecule has 0 N–H and O–H groups in total.